The van der Waals surface area contributed by atoms with Crippen molar-refractivity contribution in [1.29, 1.82) is 0 Å². The highest BCUT2D eigenvalue weighted by molar-refractivity contribution is 9.10. The molecule has 0 atom stereocenters. The number of amides is 1. The van der Waals surface area contributed by atoms with E-state index in [2.05, 4.69) is 33.5 Å². The van der Waals surface area contributed by atoms with E-state index in [1.54, 1.807) is 0 Å². The third-order valence-electron chi connectivity index (χ3n) is 3.39. The summed E-state index contributed by atoms with van der Waals surface area (Å²) in [6.45, 7) is 4.05. The predicted molar refractivity (Wildman–Crippen MR) is 92.2 cm³/mol. The molecule has 0 heterocycles. The lowest BCUT2D eigenvalue weighted by Crippen LogP contribution is -2.15. The van der Waals surface area contributed by atoms with Crippen LogP contribution in [0.2, 0.25) is 0 Å². The molecular formula is C17H19BrN2O. The largest absolute Gasteiger partial charge is 0.387 e. The minimum Gasteiger partial charge on any atom is -0.387 e. The molecule has 3 nitrogen and oxygen atoms in total. The van der Waals surface area contributed by atoms with Gasteiger partial charge in [0.25, 0.3) is 5.91 Å². The molecule has 2 rings (SSSR count). The monoisotopic (exact) mass is 346 g/mol. The molecule has 0 aliphatic carbocycles. The molecule has 110 valence electrons. The molecule has 4 heteroatoms. The number of anilines is 2. The number of carbonyl (C=O) groups is 1. The van der Waals surface area contributed by atoms with Crippen LogP contribution in [0, 0.1) is 6.92 Å². The summed E-state index contributed by atoms with van der Waals surface area (Å²) >= 11 is 3.46. The van der Waals surface area contributed by atoms with Gasteiger partial charge in [0.2, 0.25) is 0 Å². The molecule has 0 aliphatic rings. The van der Waals surface area contributed by atoms with E-state index in [0.29, 0.717) is 5.56 Å². The molecule has 2 N–H and O–H groups in total. The number of aryl methyl sites for hydroxylation is 2. The molecule has 0 bridgehead atoms. The van der Waals surface area contributed by atoms with Crippen molar-refractivity contribution < 1.29 is 4.79 Å². The zero-order valence-corrected chi connectivity index (χ0v) is 14.0. The minimum absolute atomic E-state index is 0.0972. The van der Waals surface area contributed by atoms with Gasteiger partial charge in [-0.2, -0.15) is 0 Å². The fourth-order valence-corrected chi connectivity index (χ4v) is 2.64. The first-order chi connectivity index (χ1) is 10.0. The Kier molecular flexibility index (Phi) is 5.02. The Hall–Kier alpha value is -1.81. The Bertz CT molecular complexity index is 668. The molecule has 2 aromatic carbocycles. The van der Waals surface area contributed by atoms with E-state index in [-0.39, 0.29) is 5.91 Å². The van der Waals surface area contributed by atoms with Gasteiger partial charge in [0.05, 0.1) is 5.56 Å². The summed E-state index contributed by atoms with van der Waals surface area (Å²) in [6.07, 6.45) is 0.863. The van der Waals surface area contributed by atoms with E-state index >= 15 is 0 Å². The van der Waals surface area contributed by atoms with Crippen LogP contribution in [-0.2, 0) is 6.42 Å². The van der Waals surface area contributed by atoms with Gasteiger partial charge in [-0.1, -0.05) is 34.5 Å². The Balaban J connectivity index is 2.32. The van der Waals surface area contributed by atoms with Gasteiger partial charge in [0.15, 0.2) is 0 Å². The van der Waals surface area contributed by atoms with Crippen LogP contribution in [0.15, 0.2) is 40.9 Å². The Labute approximate surface area is 133 Å². The molecule has 0 fully saturated rings. The van der Waals surface area contributed by atoms with Gasteiger partial charge in [-0.25, -0.2) is 0 Å². The molecule has 21 heavy (non-hydrogen) atoms. The van der Waals surface area contributed by atoms with E-state index in [1.165, 1.54) is 0 Å². The number of halogens is 1. The smallest absolute Gasteiger partial charge is 0.257 e. The van der Waals surface area contributed by atoms with Crippen LogP contribution in [0.5, 0.6) is 0 Å². The molecular weight excluding hydrogens is 328 g/mol. The summed E-state index contributed by atoms with van der Waals surface area (Å²) in [5.41, 5.74) is 4.51. The molecule has 0 saturated heterocycles. The number of rotatable bonds is 4. The van der Waals surface area contributed by atoms with Crippen LogP contribution < -0.4 is 10.6 Å². The van der Waals surface area contributed by atoms with Crippen molar-refractivity contribution in [3.63, 3.8) is 0 Å². The number of carbonyl (C=O) groups excluding carboxylic acids is 1. The molecule has 0 radical (unpaired) electrons. The SMILES string of the molecule is CCc1cc(Br)ccc1NC(=O)c1cc(C)ccc1NC. The molecule has 0 aliphatic heterocycles. The zero-order valence-electron chi connectivity index (χ0n) is 12.5. The van der Waals surface area contributed by atoms with Crippen LogP contribution in [0.4, 0.5) is 11.4 Å². The summed E-state index contributed by atoms with van der Waals surface area (Å²) in [5, 5.41) is 6.07. The summed E-state index contributed by atoms with van der Waals surface area (Å²) in [5.74, 6) is -0.0972. The van der Waals surface area contributed by atoms with Gasteiger partial charge in [-0.15, -0.1) is 0 Å². The van der Waals surface area contributed by atoms with Crippen molar-refractivity contribution in [3.05, 3.63) is 57.6 Å². The lowest BCUT2D eigenvalue weighted by Gasteiger charge is -2.13. The van der Waals surface area contributed by atoms with Gasteiger partial charge in [0, 0.05) is 22.9 Å². The average Bonchev–Trinajstić information content (AvgIpc) is 2.48. The predicted octanol–water partition coefficient (Wildman–Crippen LogP) is 4.61. The summed E-state index contributed by atoms with van der Waals surface area (Å²) in [4.78, 5) is 12.5. The second-order valence-electron chi connectivity index (χ2n) is 4.91. The quantitative estimate of drug-likeness (QED) is 0.848. The second-order valence-corrected chi connectivity index (χ2v) is 5.82. The minimum atomic E-state index is -0.0972. The van der Waals surface area contributed by atoms with Crippen molar-refractivity contribution >= 4 is 33.2 Å². The lowest BCUT2D eigenvalue weighted by atomic mass is 10.1. The van der Waals surface area contributed by atoms with E-state index in [9.17, 15) is 4.79 Å². The van der Waals surface area contributed by atoms with Gasteiger partial charge >= 0.3 is 0 Å². The average molecular weight is 347 g/mol. The van der Waals surface area contributed by atoms with Crippen LogP contribution >= 0.6 is 15.9 Å². The summed E-state index contributed by atoms with van der Waals surface area (Å²) in [6, 6.07) is 11.7. The van der Waals surface area contributed by atoms with Crippen molar-refractivity contribution in [1.82, 2.24) is 0 Å². The Morgan fingerprint density at radius 2 is 1.86 bits per heavy atom. The number of nitrogens with one attached hydrogen (secondary N) is 2. The number of hydrogen-bond donors (Lipinski definition) is 2. The zero-order chi connectivity index (χ0) is 15.4. The standard InChI is InChI=1S/C17H19BrN2O/c1-4-12-10-13(18)6-8-15(12)20-17(21)14-9-11(2)5-7-16(14)19-3/h5-10,19H,4H2,1-3H3,(H,20,21). The van der Waals surface area contributed by atoms with Crippen LogP contribution in [0.1, 0.15) is 28.4 Å². The number of hydrogen-bond acceptors (Lipinski definition) is 2. The molecule has 0 unspecified atom stereocenters. The maximum absolute atomic E-state index is 12.5. The topological polar surface area (TPSA) is 41.1 Å². The molecule has 1 amide bonds. The van der Waals surface area contributed by atoms with Crippen molar-refractivity contribution in [2.75, 3.05) is 17.7 Å². The highest BCUT2D eigenvalue weighted by atomic mass is 79.9. The Morgan fingerprint density at radius 1 is 1.14 bits per heavy atom. The van der Waals surface area contributed by atoms with Crippen molar-refractivity contribution in [3.8, 4) is 0 Å². The lowest BCUT2D eigenvalue weighted by molar-refractivity contribution is 0.102. The van der Waals surface area contributed by atoms with Gasteiger partial charge < -0.3 is 10.6 Å². The van der Waals surface area contributed by atoms with Gasteiger partial charge in [0.1, 0.15) is 0 Å². The maximum atomic E-state index is 12.5. The molecule has 0 aromatic heterocycles. The van der Waals surface area contributed by atoms with Crippen LogP contribution in [0.3, 0.4) is 0 Å². The van der Waals surface area contributed by atoms with Crippen molar-refractivity contribution in [2.45, 2.75) is 20.3 Å². The number of benzene rings is 2. The molecule has 0 spiro atoms. The third kappa shape index (κ3) is 3.64. The fourth-order valence-electron chi connectivity index (χ4n) is 2.23. The first-order valence-corrected chi connectivity index (χ1v) is 7.72. The van der Waals surface area contributed by atoms with Crippen molar-refractivity contribution in [2.24, 2.45) is 0 Å². The van der Waals surface area contributed by atoms with Crippen LogP contribution in [-0.4, -0.2) is 13.0 Å². The molecule has 0 saturated carbocycles. The van der Waals surface area contributed by atoms with Gasteiger partial charge in [-0.3, -0.25) is 4.79 Å². The summed E-state index contributed by atoms with van der Waals surface area (Å²) < 4.78 is 1.02. The van der Waals surface area contributed by atoms with Crippen LogP contribution in [0.25, 0.3) is 0 Å². The summed E-state index contributed by atoms with van der Waals surface area (Å²) in [7, 11) is 1.82. The first kappa shape index (κ1) is 15.6. The van der Waals surface area contributed by atoms with E-state index in [4.69, 9.17) is 0 Å². The van der Waals surface area contributed by atoms with Gasteiger partial charge in [-0.05, 0) is 49.2 Å². The fraction of sp³-hybridized carbons (Fsp3) is 0.235. The van der Waals surface area contributed by atoms with E-state index < -0.39 is 0 Å². The second kappa shape index (κ2) is 6.76. The van der Waals surface area contributed by atoms with E-state index in [1.807, 2.05) is 50.4 Å². The highest BCUT2D eigenvalue weighted by Gasteiger charge is 2.13. The first-order valence-electron chi connectivity index (χ1n) is 6.93. The third-order valence-corrected chi connectivity index (χ3v) is 3.88. The normalized spacial score (nSPS) is 10.3. The maximum Gasteiger partial charge on any atom is 0.257 e. The Morgan fingerprint density at radius 3 is 2.52 bits per heavy atom. The highest BCUT2D eigenvalue weighted by Crippen LogP contribution is 2.24. The molecule has 2 aromatic rings. The van der Waals surface area contributed by atoms with E-state index in [0.717, 1.165) is 33.4 Å².